The molecular formula is C22H30N2O2. The number of benzene rings is 2. The van der Waals surface area contributed by atoms with Gasteiger partial charge in [0.25, 0.3) is 0 Å². The Bertz CT molecular complexity index is 662. The first-order valence-electron chi connectivity index (χ1n) is 9.58. The zero-order valence-corrected chi connectivity index (χ0v) is 15.9. The van der Waals surface area contributed by atoms with E-state index in [0.717, 1.165) is 38.3 Å². The molecule has 0 radical (unpaired) electrons. The molecule has 140 valence electrons. The normalized spacial score (nSPS) is 16.5. The van der Waals surface area contributed by atoms with E-state index in [1.54, 1.807) is 0 Å². The maximum Gasteiger partial charge on any atom is 0.119 e. The summed E-state index contributed by atoms with van der Waals surface area (Å²) in [5.41, 5.74) is 3.88. The molecule has 1 fully saturated rings. The van der Waals surface area contributed by atoms with Gasteiger partial charge in [-0.05, 0) is 43.2 Å². The molecule has 0 bridgehead atoms. The average molecular weight is 354 g/mol. The van der Waals surface area contributed by atoms with Crippen molar-refractivity contribution in [1.82, 2.24) is 4.90 Å². The first kappa shape index (κ1) is 18.7. The molecule has 0 aliphatic carbocycles. The van der Waals surface area contributed by atoms with Gasteiger partial charge in [-0.25, -0.2) is 0 Å². The number of hydrogen-bond donors (Lipinski definition) is 1. The van der Waals surface area contributed by atoms with Crippen molar-refractivity contribution in [3.8, 4) is 5.75 Å². The Morgan fingerprint density at radius 2 is 1.62 bits per heavy atom. The van der Waals surface area contributed by atoms with Crippen LogP contribution < -0.4 is 9.64 Å². The molecule has 0 aromatic heterocycles. The fraction of sp³-hybridized carbons (Fsp3) is 0.455. The van der Waals surface area contributed by atoms with Crippen LogP contribution in [0, 0.1) is 6.92 Å². The largest absolute Gasteiger partial charge is 0.491 e. The number of nitrogens with zero attached hydrogens (tertiary/aromatic N) is 2. The fourth-order valence-electron chi connectivity index (χ4n) is 3.31. The molecule has 4 heteroatoms. The van der Waals surface area contributed by atoms with E-state index in [9.17, 15) is 5.11 Å². The third kappa shape index (κ3) is 5.23. The summed E-state index contributed by atoms with van der Waals surface area (Å²) in [5, 5.41) is 10.3. The molecule has 2 aromatic rings. The molecule has 0 saturated carbocycles. The second-order valence-corrected chi connectivity index (χ2v) is 7.09. The molecular weight excluding hydrogens is 324 g/mol. The zero-order chi connectivity index (χ0) is 18.4. The van der Waals surface area contributed by atoms with E-state index >= 15 is 0 Å². The van der Waals surface area contributed by atoms with E-state index in [2.05, 4.69) is 47.9 Å². The van der Waals surface area contributed by atoms with E-state index in [4.69, 9.17) is 4.74 Å². The average Bonchev–Trinajstić information content (AvgIpc) is 2.68. The zero-order valence-electron chi connectivity index (χ0n) is 15.9. The van der Waals surface area contributed by atoms with Crippen LogP contribution in [-0.4, -0.2) is 55.4 Å². The number of aliphatic hydroxyl groups is 1. The molecule has 4 nitrogen and oxygen atoms in total. The first-order valence-corrected chi connectivity index (χ1v) is 9.58. The number of rotatable bonds is 7. The van der Waals surface area contributed by atoms with Crippen molar-refractivity contribution >= 4 is 5.69 Å². The minimum absolute atomic E-state index is 0.335. The number of aryl methyl sites for hydroxylation is 2. The smallest absolute Gasteiger partial charge is 0.119 e. The topological polar surface area (TPSA) is 35.9 Å². The van der Waals surface area contributed by atoms with Gasteiger partial charge in [-0.15, -0.1) is 0 Å². The number of piperazine rings is 1. The monoisotopic (exact) mass is 354 g/mol. The minimum atomic E-state index is -0.466. The van der Waals surface area contributed by atoms with Crippen molar-refractivity contribution in [2.45, 2.75) is 26.4 Å². The maximum atomic E-state index is 10.3. The number of aliphatic hydroxyl groups excluding tert-OH is 1. The Balaban J connectivity index is 1.40. The Kier molecular flexibility index (Phi) is 6.53. The van der Waals surface area contributed by atoms with Crippen molar-refractivity contribution < 1.29 is 9.84 Å². The predicted octanol–water partition coefficient (Wildman–Crippen LogP) is 3.12. The molecule has 0 unspecified atom stereocenters. The molecule has 1 N–H and O–H groups in total. The fourth-order valence-corrected chi connectivity index (χ4v) is 3.31. The van der Waals surface area contributed by atoms with E-state index in [1.165, 1.54) is 16.8 Å². The summed E-state index contributed by atoms with van der Waals surface area (Å²) in [4.78, 5) is 4.74. The highest BCUT2D eigenvalue weighted by Crippen LogP contribution is 2.18. The van der Waals surface area contributed by atoms with Crippen molar-refractivity contribution in [1.29, 1.82) is 0 Å². The van der Waals surface area contributed by atoms with Crippen LogP contribution in [-0.2, 0) is 6.42 Å². The van der Waals surface area contributed by atoms with Gasteiger partial charge in [0, 0.05) is 38.4 Å². The molecule has 2 aromatic carbocycles. The Morgan fingerprint density at radius 1 is 0.962 bits per heavy atom. The van der Waals surface area contributed by atoms with Crippen LogP contribution in [0.4, 0.5) is 5.69 Å². The summed E-state index contributed by atoms with van der Waals surface area (Å²) in [6.07, 6.45) is 0.614. The highest BCUT2D eigenvalue weighted by atomic mass is 16.5. The van der Waals surface area contributed by atoms with E-state index < -0.39 is 6.10 Å². The molecule has 1 atom stereocenters. The Morgan fingerprint density at radius 3 is 2.23 bits per heavy atom. The van der Waals surface area contributed by atoms with Crippen molar-refractivity contribution in [2.75, 3.05) is 44.2 Å². The predicted molar refractivity (Wildman–Crippen MR) is 107 cm³/mol. The van der Waals surface area contributed by atoms with Crippen LogP contribution in [0.5, 0.6) is 5.75 Å². The van der Waals surface area contributed by atoms with Gasteiger partial charge in [0.1, 0.15) is 18.5 Å². The molecule has 0 amide bonds. The Labute approximate surface area is 157 Å². The number of β-amino-alcohol motifs (C(OH)–C–C–N with tert-alkyl or cyclic N) is 1. The van der Waals surface area contributed by atoms with Crippen molar-refractivity contribution in [2.24, 2.45) is 0 Å². The highest BCUT2D eigenvalue weighted by molar-refractivity contribution is 5.48. The molecule has 3 rings (SSSR count). The maximum absolute atomic E-state index is 10.3. The minimum Gasteiger partial charge on any atom is -0.491 e. The van der Waals surface area contributed by atoms with Crippen molar-refractivity contribution in [3.63, 3.8) is 0 Å². The summed E-state index contributed by atoms with van der Waals surface area (Å²) in [6.45, 7) is 9.16. The Hall–Kier alpha value is -2.04. The van der Waals surface area contributed by atoms with E-state index in [0.29, 0.717) is 13.2 Å². The molecule has 1 aliphatic heterocycles. The lowest BCUT2D eigenvalue weighted by atomic mass is 10.1. The second-order valence-electron chi connectivity index (χ2n) is 7.09. The lowest BCUT2D eigenvalue weighted by molar-refractivity contribution is 0.0663. The van der Waals surface area contributed by atoms with Gasteiger partial charge in [-0.3, -0.25) is 4.90 Å². The van der Waals surface area contributed by atoms with E-state index in [-0.39, 0.29) is 0 Å². The molecule has 1 saturated heterocycles. The standard InChI is InChI=1S/C22H30N2O2/c1-3-19-6-8-20(9-7-19)24-14-12-23(13-15-24)16-21(25)17-26-22-10-4-18(2)5-11-22/h4-11,21,25H,3,12-17H2,1-2H3/t21-/m0/s1. The van der Waals surface area contributed by atoms with Gasteiger partial charge in [0.05, 0.1) is 0 Å². The quantitative estimate of drug-likeness (QED) is 0.829. The summed E-state index contributed by atoms with van der Waals surface area (Å²) in [7, 11) is 0. The lowest BCUT2D eigenvalue weighted by Crippen LogP contribution is -2.49. The molecule has 1 aliphatic rings. The summed E-state index contributed by atoms with van der Waals surface area (Å²) in [6, 6.07) is 16.8. The van der Waals surface area contributed by atoms with Gasteiger partial charge >= 0.3 is 0 Å². The van der Waals surface area contributed by atoms with Gasteiger partial charge in [0.2, 0.25) is 0 Å². The van der Waals surface area contributed by atoms with Gasteiger partial charge in [0.15, 0.2) is 0 Å². The first-order chi connectivity index (χ1) is 12.6. The lowest BCUT2D eigenvalue weighted by Gasteiger charge is -2.37. The van der Waals surface area contributed by atoms with Crippen LogP contribution >= 0.6 is 0 Å². The third-order valence-corrected chi connectivity index (χ3v) is 5.01. The number of anilines is 1. The third-order valence-electron chi connectivity index (χ3n) is 5.01. The van der Waals surface area contributed by atoms with Crippen LogP contribution in [0.3, 0.4) is 0 Å². The summed E-state index contributed by atoms with van der Waals surface area (Å²) in [5.74, 6) is 0.815. The van der Waals surface area contributed by atoms with E-state index in [1.807, 2.05) is 24.3 Å². The van der Waals surface area contributed by atoms with Crippen LogP contribution in [0.2, 0.25) is 0 Å². The van der Waals surface area contributed by atoms with Gasteiger partial charge < -0.3 is 14.7 Å². The molecule has 0 spiro atoms. The van der Waals surface area contributed by atoms with Crippen LogP contribution in [0.15, 0.2) is 48.5 Å². The highest BCUT2D eigenvalue weighted by Gasteiger charge is 2.19. The van der Waals surface area contributed by atoms with Crippen LogP contribution in [0.1, 0.15) is 18.1 Å². The molecule has 26 heavy (non-hydrogen) atoms. The summed E-state index contributed by atoms with van der Waals surface area (Å²) >= 11 is 0. The van der Waals surface area contributed by atoms with Gasteiger partial charge in [-0.1, -0.05) is 36.8 Å². The number of hydrogen-bond acceptors (Lipinski definition) is 4. The second kappa shape index (κ2) is 9.06. The molecule has 1 heterocycles. The van der Waals surface area contributed by atoms with Crippen LogP contribution in [0.25, 0.3) is 0 Å². The van der Waals surface area contributed by atoms with Gasteiger partial charge in [-0.2, -0.15) is 0 Å². The summed E-state index contributed by atoms with van der Waals surface area (Å²) < 4.78 is 5.69. The number of ether oxygens (including phenoxy) is 1. The SMILES string of the molecule is CCc1ccc(N2CCN(C[C@H](O)COc3ccc(C)cc3)CC2)cc1. The van der Waals surface area contributed by atoms with Crippen molar-refractivity contribution in [3.05, 3.63) is 59.7 Å².